The lowest BCUT2D eigenvalue weighted by Crippen LogP contribution is -2.37. The highest BCUT2D eigenvalue weighted by atomic mass is 35.5. The maximum atomic E-state index is 11.1. The van der Waals surface area contributed by atoms with Gasteiger partial charge in [0.1, 0.15) is 5.82 Å². The molecule has 0 aliphatic carbocycles. The molecule has 5 heteroatoms. The molecule has 86 valence electrons. The van der Waals surface area contributed by atoms with Gasteiger partial charge in [0.15, 0.2) is 0 Å². The summed E-state index contributed by atoms with van der Waals surface area (Å²) in [6.45, 7) is 0.778. The summed E-state index contributed by atoms with van der Waals surface area (Å²) in [6.07, 6.45) is 3.16. The van der Waals surface area contributed by atoms with E-state index in [2.05, 4.69) is 10.3 Å². The third-order valence-electron chi connectivity index (χ3n) is 2.68. The van der Waals surface area contributed by atoms with Crippen LogP contribution in [0.5, 0.6) is 0 Å². The molecule has 2 heterocycles. The summed E-state index contributed by atoms with van der Waals surface area (Å²) < 4.78 is 0. The Morgan fingerprint density at radius 2 is 2.44 bits per heavy atom. The Balaban J connectivity index is 1.95. The molecule has 0 saturated carbocycles. The summed E-state index contributed by atoms with van der Waals surface area (Å²) in [5, 5.41) is 3.56. The first kappa shape index (κ1) is 11.2. The standard InChI is InChI=1S/C11H14ClN3O/c1-15(7-9-3-5-11(16)14-9)10-4-2-8(12)6-13-10/h2,4,6,9H,3,5,7H2,1H3,(H,14,16). The molecular formula is C11H14ClN3O. The minimum Gasteiger partial charge on any atom is -0.358 e. The predicted molar refractivity (Wildman–Crippen MR) is 63.7 cm³/mol. The average Bonchev–Trinajstić information content (AvgIpc) is 2.65. The molecule has 1 amide bonds. The number of nitrogens with zero attached hydrogens (tertiary/aromatic N) is 2. The topological polar surface area (TPSA) is 45.2 Å². The Morgan fingerprint density at radius 1 is 1.62 bits per heavy atom. The number of carbonyl (C=O) groups is 1. The molecule has 1 aliphatic heterocycles. The zero-order chi connectivity index (χ0) is 11.5. The maximum absolute atomic E-state index is 11.1. The molecule has 1 aromatic rings. The van der Waals surface area contributed by atoms with E-state index in [1.165, 1.54) is 0 Å². The lowest BCUT2D eigenvalue weighted by molar-refractivity contribution is -0.119. The molecule has 0 bridgehead atoms. The minimum absolute atomic E-state index is 0.141. The molecule has 1 aliphatic rings. The van der Waals surface area contributed by atoms with Gasteiger partial charge in [-0.25, -0.2) is 4.98 Å². The first-order valence-corrected chi connectivity index (χ1v) is 5.65. The van der Waals surface area contributed by atoms with Crippen LogP contribution in [0.25, 0.3) is 0 Å². The molecule has 4 nitrogen and oxygen atoms in total. The van der Waals surface area contributed by atoms with E-state index in [0.717, 1.165) is 18.8 Å². The summed E-state index contributed by atoms with van der Waals surface area (Å²) in [4.78, 5) is 17.3. The van der Waals surface area contributed by atoms with E-state index in [-0.39, 0.29) is 11.9 Å². The van der Waals surface area contributed by atoms with Crippen LogP contribution in [0.1, 0.15) is 12.8 Å². The van der Waals surface area contributed by atoms with Crippen LogP contribution in [0.3, 0.4) is 0 Å². The minimum atomic E-state index is 0.141. The van der Waals surface area contributed by atoms with Crippen LogP contribution in [0.2, 0.25) is 5.02 Å². The highest BCUT2D eigenvalue weighted by Gasteiger charge is 2.22. The number of rotatable bonds is 3. The van der Waals surface area contributed by atoms with E-state index in [4.69, 9.17) is 11.6 Å². The highest BCUT2D eigenvalue weighted by Crippen LogP contribution is 2.15. The number of amides is 1. The Bertz CT molecular complexity index is 379. The molecule has 1 unspecified atom stereocenters. The summed E-state index contributed by atoms with van der Waals surface area (Å²) in [6, 6.07) is 3.92. The van der Waals surface area contributed by atoms with Gasteiger partial charge in [0.25, 0.3) is 0 Å². The van der Waals surface area contributed by atoms with E-state index in [0.29, 0.717) is 11.4 Å². The predicted octanol–water partition coefficient (Wildman–Crippen LogP) is 1.45. The van der Waals surface area contributed by atoms with Crippen LogP contribution in [0.4, 0.5) is 5.82 Å². The van der Waals surface area contributed by atoms with Gasteiger partial charge in [-0.3, -0.25) is 4.79 Å². The van der Waals surface area contributed by atoms with Crippen molar-refractivity contribution in [3.8, 4) is 0 Å². The molecule has 0 radical (unpaired) electrons. The smallest absolute Gasteiger partial charge is 0.220 e. The van der Waals surface area contributed by atoms with E-state index < -0.39 is 0 Å². The van der Waals surface area contributed by atoms with E-state index in [9.17, 15) is 4.79 Å². The van der Waals surface area contributed by atoms with Crippen molar-refractivity contribution in [2.24, 2.45) is 0 Å². The second-order valence-electron chi connectivity index (χ2n) is 4.02. The van der Waals surface area contributed by atoms with Crippen LogP contribution in [0.15, 0.2) is 18.3 Å². The highest BCUT2D eigenvalue weighted by molar-refractivity contribution is 6.30. The van der Waals surface area contributed by atoms with Gasteiger partial charge in [0, 0.05) is 32.3 Å². The van der Waals surface area contributed by atoms with Crippen molar-refractivity contribution in [2.45, 2.75) is 18.9 Å². The third-order valence-corrected chi connectivity index (χ3v) is 2.91. The molecule has 2 rings (SSSR count). The second-order valence-corrected chi connectivity index (χ2v) is 4.45. The monoisotopic (exact) mass is 239 g/mol. The van der Waals surface area contributed by atoms with Crippen LogP contribution in [0, 0.1) is 0 Å². The number of anilines is 1. The fourth-order valence-electron chi connectivity index (χ4n) is 1.83. The fourth-order valence-corrected chi connectivity index (χ4v) is 1.94. The van der Waals surface area contributed by atoms with Crippen LogP contribution in [-0.4, -0.2) is 30.5 Å². The zero-order valence-electron chi connectivity index (χ0n) is 9.11. The van der Waals surface area contributed by atoms with Gasteiger partial charge >= 0.3 is 0 Å². The van der Waals surface area contributed by atoms with Gasteiger partial charge in [-0.05, 0) is 18.6 Å². The van der Waals surface area contributed by atoms with Gasteiger partial charge in [-0.15, -0.1) is 0 Å². The number of pyridine rings is 1. The van der Waals surface area contributed by atoms with Crippen molar-refractivity contribution < 1.29 is 4.79 Å². The molecule has 1 N–H and O–H groups in total. The summed E-state index contributed by atoms with van der Waals surface area (Å²) in [7, 11) is 1.96. The van der Waals surface area contributed by atoms with Crippen LogP contribution >= 0.6 is 11.6 Å². The molecule has 0 aromatic carbocycles. The molecule has 16 heavy (non-hydrogen) atoms. The van der Waals surface area contributed by atoms with Crippen molar-refractivity contribution >= 4 is 23.3 Å². The Labute approximate surface area is 99.6 Å². The van der Waals surface area contributed by atoms with E-state index in [1.807, 2.05) is 24.1 Å². The molecular weight excluding hydrogens is 226 g/mol. The van der Waals surface area contributed by atoms with Crippen molar-refractivity contribution in [3.63, 3.8) is 0 Å². The Morgan fingerprint density at radius 3 is 3.00 bits per heavy atom. The number of carbonyl (C=O) groups excluding carboxylic acids is 1. The molecule has 1 fully saturated rings. The van der Waals surface area contributed by atoms with Gasteiger partial charge in [0.2, 0.25) is 5.91 Å². The van der Waals surface area contributed by atoms with Crippen LogP contribution < -0.4 is 10.2 Å². The van der Waals surface area contributed by atoms with Gasteiger partial charge in [-0.2, -0.15) is 0 Å². The quantitative estimate of drug-likeness (QED) is 0.869. The summed E-state index contributed by atoms with van der Waals surface area (Å²) in [5.41, 5.74) is 0. The number of halogens is 1. The number of aromatic nitrogens is 1. The Kier molecular flexibility index (Phi) is 3.29. The SMILES string of the molecule is CN(CC1CCC(=O)N1)c1ccc(Cl)cn1. The van der Waals surface area contributed by atoms with E-state index in [1.54, 1.807) is 6.20 Å². The molecule has 0 spiro atoms. The zero-order valence-corrected chi connectivity index (χ0v) is 9.87. The van der Waals surface area contributed by atoms with Gasteiger partial charge in [0.05, 0.1) is 5.02 Å². The van der Waals surface area contributed by atoms with E-state index >= 15 is 0 Å². The number of hydrogen-bond acceptors (Lipinski definition) is 3. The molecule has 1 saturated heterocycles. The number of nitrogens with one attached hydrogen (secondary N) is 1. The van der Waals surface area contributed by atoms with Crippen LogP contribution in [-0.2, 0) is 4.79 Å². The van der Waals surface area contributed by atoms with Crippen molar-refractivity contribution in [3.05, 3.63) is 23.4 Å². The maximum Gasteiger partial charge on any atom is 0.220 e. The number of hydrogen-bond donors (Lipinski definition) is 1. The largest absolute Gasteiger partial charge is 0.358 e. The van der Waals surface area contributed by atoms with Crippen molar-refractivity contribution in [1.82, 2.24) is 10.3 Å². The second kappa shape index (κ2) is 4.70. The number of likely N-dealkylation sites (N-methyl/N-ethyl adjacent to an activating group) is 1. The first-order valence-electron chi connectivity index (χ1n) is 5.27. The average molecular weight is 240 g/mol. The Hall–Kier alpha value is -1.29. The van der Waals surface area contributed by atoms with Crippen molar-refractivity contribution in [2.75, 3.05) is 18.5 Å². The van der Waals surface area contributed by atoms with Gasteiger partial charge in [-0.1, -0.05) is 11.6 Å². The van der Waals surface area contributed by atoms with Crippen molar-refractivity contribution in [1.29, 1.82) is 0 Å². The normalized spacial score (nSPS) is 19.6. The summed E-state index contributed by atoms with van der Waals surface area (Å²) in [5.74, 6) is 1.01. The fraction of sp³-hybridized carbons (Fsp3) is 0.455. The first-order chi connectivity index (χ1) is 7.65. The molecule has 1 aromatic heterocycles. The molecule has 1 atom stereocenters. The summed E-state index contributed by atoms with van der Waals surface area (Å²) >= 11 is 5.77. The third kappa shape index (κ3) is 2.64. The lowest BCUT2D eigenvalue weighted by atomic mass is 10.2. The van der Waals surface area contributed by atoms with Gasteiger partial charge < -0.3 is 10.2 Å². The lowest BCUT2D eigenvalue weighted by Gasteiger charge is -2.21.